The van der Waals surface area contributed by atoms with Crippen LogP contribution in [-0.2, 0) is 11.3 Å². The molecule has 0 amide bonds. The molecule has 2 heterocycles. The molecule has 0 atom stereocenters. The van der Waals surface area contributed by atoms with Crippen molar-refractivity contribution in [2.24, 2.45) is 5.92 Å². The van der Waals surface area contributed by atoms with Crippen molar-refractivity contribution in [3.8, 4) is 0 Å². The second-order valence-electron chi connectivity index (χ2n) is 5.58. The van der Waals surface area contributed by atoms with E-state index in [9.17, 15) is 9.90 Å². The van der Waals surface area contributed by atoms with Gasteiger partial charge in [-0.2, -0.15) is 0 Å². The first-order chi connectivity index (χ1) is 8.85. The molecule has 1 aliphatic heterocycles. The summed E-state index contributed by atoms with van der Waals surface area (Å²) in [6.07, 6.45) is 0. The van der Waals surface area contributed by atoms with Gasteiger partial charge in [-0.15, -0.1) is 0 Å². The molecular weight excluding hydrogens is 246 g/mol. The van der Waals surface area contributed by atoms with Crippen LogP contribution in [-0.4, -0.2) is 41.8 Å². The Labute approximate surface area is 113 Å². The molecule has 0 aliphatic carbocycles. The molecule has 0 unspecified atom stereocenters. The van der Waals surface area contributed by atoms with E-state index in [1.54, 1.807) is 13.0 Å². The second kappa shape index (κ2) is 4.98. The van der Waals surface area contributed by atoms with Gasteiger partial charge in [0.1, 0.15) is 17.1 Å². The lowest BCUT2D eigenvalue weighted by Gasteiger charge is -2.48. The molecule has 1 N–H and O–H groups in total. The Kier molecular flexibility index (Phi) is 3.69. The van der Waals surface area contributed by atoms with Gasteiger partial charge in [0, 0.05) is 13.1 Å². The molecule has 5 nitrogen and oxygen atoms in total. The summed E-state index contributed by atoms with van der Waals surface area (Å²) in [6, 6.07) is 1.72. The first-order valence-corrected chi connectivity index (χ1v) is 6.48. The van der Waals surface area contributed by atoms with E-state index in [2.05, 4.69) is 9.64 Å². The van der Waals surface area contributed by atoms with Gasteiger partial charge in [-0.1, -0.05) is 13.8 Å². The first kappa shape index (κ1) is 14.1. The number of furan rings is 1. The third-order valence-corrected chi connectivity index (χ3v) is 3.82. The largest absolute Gasteiger partial charge is 0.465 e. The molecule has 0 aromatic carbocycles. The number of nitrogens with zero attached hydrogens (tertiary/aromatic N) is 1. The van der Waals surface area contributed by atoms with E-state index in [-0.39, 0.29) is 11.9 Å². The Morgan fingerprint density at radius 3 is 2.74 bits per heavy atom. The molecule has 0 saturated carbocycles. The van der Waals surface area contributed by atoms with Crippen molar-refractivity contribution in [1.29, 1.82) is 0 Å². The van der Waals surface area contributed by atoms with Crippen LogP contribution >= 0.6 is 0 Å². The molecule has 1 aliphatic rings. The topological polar surface area (TPSA) is 62.9 Å². The van der Waals surface area contributed by atoms with Crippen LogP contribution in [0.15, 0.2) is 10.5 Å². The molecule has 1 fully saturated rings. The normalized spacial score (nSPS) is 18.4. The highest BCUT2D eigenvalue weighted by atomic mass is 16.5. The summed E-state index contributed by atoms with van der Waals surface area (Å²) in [6.45, 7) is 7.66. The Morgan fingerprint density at radius 1 is 1.58 bits per heavy atom. The van der Waals surface area contributed by atoms with Crippen LogP contribution in [0.1, 0.15) is 35.7 Å². The lowest BCUT2D eigenvalue weighted by Crippen LogP contribution is -2.63. The maximum absolute atomic E-state index is 11.5. The molecule has 1 saturated heterocycles. The minimum absolute atomic E-state index is 0.243. The van der Waals surface area contributed by atoms with Crippen molar-refractivity contribution in [1.82, 2.24) is 4.90 Å². The molecule has 19 heavy (non-hydrogen) atoms. The van der Waals surface area contributed by atoms with Gasteiger partial charge in [-0.05, 0) is 18.9 Å². The van der Waals surface area contributed by atoms with Crippen molar-refractivity contribution >= 4 is 5.97 Å². The fourth-order valence-corrected chi connectivity index (χ4v) is 2.36. The van der Waals surface area contributed by atoms with E-state index in [4.69, 9.17) is 4.42 Å². The fourth-order valence-electron chi connectivity index (χ4n) is 2.36. The van der Waals surface area contributed by atoms with E-state index >= 15 is 0 Å². The van der Waals surface area contributed by atoms with Crippen molar-refractivity contribution in [2.45, 2.75) is 32.9 Å². The number of β-amino-alcohol motifs (C(OH)–C–C–N with tert-alkyl or cyclic N) is 1. The highest BCUT2D eigenvalue weighted by molar-refractivity contribution is 5.90. The highest BCUT2D eigenvalue weighted by Crippen LogP contribution is 2.30. The molecule has 2 rings (SSSR count). The summed E-state index contributed by atoms with van der Waals surface area (Å²) < 4.78 is 10.2. The standard InChI is InChI=1S/C14H21NO4/c1-9(2)14(17)7-15(8-14)6-11-5-12(10(3)19-11)13(16)18-4/h5,9,17H,6-8H2,1-4H3. The maximum atomic E-state index is 11.5. The number of esters is 1. The maximum Gasteiger partial charge on any atom is 0.341 e. The summed E-state index contributed by atoms with van der Waals surface area (Å²) in [5.41, 5.74) is -0.121. The van der Waals surface area contributed by atoms with Crippen molar-refractivity contribution in [3.05, 3.63) is 23.2 Å². The number of hydrogen-bond donors (Lipinski definition) is 1. The van der Waals surface area contributed by atoms with Crippen molar-refractivity contribution < 1.29 is 19.1 Å². The Hall–Kier alpha value is -1.33. The zero-order chi connectivity index (χ0) is 14.2. The number of carbonyl (C=O) groups excluding carboxylic acids is 1. The SMILES string of the molecule is COC(=O)c1cc(CN2CC(O)(C(C)C)C2)oc1C. The van der Waals surface area contributed by atoms with Crippen LogP contribution in [0.25, 0.3) is 0 Å². The van der Waals surface area contributed by atoms with E-state index in [0.29, 0.717) is 31.0 Å². The molecule has 1 aromatic rings. The molecule has 1 aromatic heterocycles. The van der Waals surface area contributed by atoms with Crippen molar-refractivity contribution in [2.75, 3.05) is 20.2 Å². The number of aliphatic hydroxyl groups is 1. The minimum atomic E-state index is -0.590. The fraction of sp³-hybridized carbons (Fsp3) is 0.643. The van der Waals surface area contributed by atoms with Crippen molar-refractivity contribution in [3.63, 3.8) is 0 Å². The van der Waals surface area contributed by atoms with Gasteiger partial charge in [0.2, 0.25) is 0 Å². The predicted molar refractivity (Wildman–Crippen MR) is 69.8 cm³/mol. The number of ether oxygens (including phenoxy) is 1. The Balaban J connectivity index is 1.97. The smallest absolute Gasteiger partial charge is 0.341 e. The van der Waals surface area contributed by atoms with Crippen LogP contribution in [0.5, 0.6) is 0 Å². The lowest BCUT2D eigenvalue weighted by atomic mass is 9.83. The van der Waals surface area contributed by atoms with Crippen LogP contribution in [0.2, 0.25) is 0 Å². The van der Waals surface area contributed by atoms with E-state index in [1.165, 1.54) is 7.11 Å². The van der Waals surface area contributed by atoms with Crippen LogP contribution in [0.4, 0.5) is 0 Å². The zero-order valence-corrected chi connectivity index (χ0v) is 11.9. The van der Waals surface area contributed by atoms with E-state index < -0.39 is 5.60 Å². The lowest BCUT2D eigenvalue weighted by molar-refractivity contribution is -0.132. The zero-order valence-electron chi connectivity index (χ0n) is 11.9. The van der Waals surface area contributed by atoms with Gasteiger partial charge in [0.15, 0.2) is 0 Å². The number of hydrogen-bond acceptors (Lipinski definition) is 5. The van der Waals surface area contributed by atoms with Gasteiger partial charge < -0.3 is 14.3 Å². The van der Waals surface area contributed by atoms with Gasteiger partial charge in [0.25, 0.3) is 0 Å². The summed E-state index contributed by atoms with van der Waals surface area (Å²) in [5, 5.41) is 10.2. The number of carbonyl (C=O) groups is 1. The third kappa shape index (κ3) is 2.67. The average molecular weight is 267 g/mol. The number of rotatable bonds is 4. The first-order valence-electron chi connectivity index (χ1n) is 6.48. The molecule has 106 valence electrons. The van der Waals surface area contributed by atoms with Crippen LogP contribution in [0, 0.1) is 12.8 Å². The van der Waals surface area contributed by atoms with Crippen LogP contribution < -0.4 is 0 Å². The molecule has 0 spiro atoms. The van der Waals surface area contributed by atoms with Gasteiger partial charge >= 0.3 is 5.97 Å². The van der Waals surface area contributed by atoms with Crippen LogP contribution in [0.3, 0.4) is 0 Å². The molecular formula is C14H21NO4. The van der Waals surface area contributed by atoms with Gasteiger partial charge in [-0.3, -0.25) is 4.90 Å². The van der Waals surface area contributed by atoms with E-state index in [1.807, 2.05) is 13.8 Å². The number of methoxy groups -OCH3 is 1. The summed E-state index contributed by atoms with van der Waals surface area (Å²) in [4.78, 5) is 13.6. The Morgan fingerprint density at radius 2 is 2.21 bits per heavy atom. The predicted octanol–water partition coefficient (Wildman–Crippen LogP) is 1.58. The van der Waals surface area contributed by atoms with E-state index in [0.717, 1.165) is 5.76 Å². The summed E-state index contributed by atoms with van der Waals surface area (Å²) in [7, 11) is 1.35. The molecule has 0 radical (unpaired) electrons. The molecule has 5 heteroatoms. The Bertz CT molecular complexity index is 472. The minimum Gasteiger partial charge on any atom is -0.465 e. The van der Waals surface area contributed by atoms with Gasteiger partial charge in [0.05, 0.1) is 19.3 Å². The summed E-state index contributed by atoms with van der Waals surface area (Å²) >= 11 is 0. The average Bonchev–Trinajstić information content (AvgIpc) is 2.67. The number of aryl methyl sites for hydroxylation is 1. The highest BCUT2D eigenvalue weighted by Gasteiger charge is 2.43. The molecule has 0 bridgehead atoms. The number of likely N-dealkylation sites (tertiary alicyclic amines) is 1. The monoisotopic (exact) mass is 267 g/mol. The third-order valence-electron chi connectivity index (χ3n) is 3.82. The van der Waals surface area contributed by atoms with Gasteiger partial charge in [-0.25, -0.2) is 4.79 Å². The summed E-state index contributed by atoms with van der Waals surface area (Å²) in [5.74, 6) is 1.16. The second-order valence-corrected chi connectivity index (χ2v) is 5.58. The quantitative estimate of drug-likeness (QED) is 0.839.